The highest BCUT2D eigenvalue weighted by Gasteiger charge is 2.18. The molecule has 0 N–H and O–H groups in total. The van der Waals surface area contributed by atoms with Crippen LogP contribution in [0.2, 0.25) is 0 Å². The lowest BCUT2D eigenvalue weighted by atomic mass is 10.2. The van der Waals surface area contributed by atoms with Crippen molar-refractivity contribution in [1.82, 2.24) is 19.9 Å². The van der Waals surface area contributed by atoms with Crippen LogP contribution >= 0.6 is 11.8 Å². The van der Waals surface area contributed by atoms with Crippen molar-refractivity contribution in [3.05, 3.63) is 42.0 Å². The van der Waals surface area contributed by atoms with Crippen LogP contribution in [0.3, 0.4) is 0 Å². The number of thioether (sulfide) groups is 1. The van der Waals surface area contributed by atoms with Crippen molar-refractivity contribution in [3.8, 4) is 6.07 Å². The monoisotopic (exact) mass is 326 g/mol. The minimum atomic E-state index is 0.647. The van der Waals surface area contributed by atoms with Crippen molar-refractivity contribution in [2.24, 2.45) is 0 Å². The van der Waals surface area contributed by atoms with Crippen molar-refractivity contribution in [3.63, 3.8) is 0 Å². The molecule has 23 heavy (non-hydrogen) atoms. The molecule has 1 saturated heterocycles. The second kappa shape index (κ2) is 7.40. The Hall–Kier alpha value is -2.17. The fraction of sp³-hybridized carbons (Fsp3) is 0.375. The molecule has 2 aromatic rings. The van der Waals surface area contributed by atoms with Gasteiger partial charge in [0.2, 0.25) is 0 Å². The Kier molecular flexibility index (Phi) is 5.05. The van der Waals surface area contributed by atoms with Crippen LogP contribution in [0.1, 0.15) is 11.3 Å². The molecule has 0 unspecified atom stereocenters. The first-order chi connectivity index (χ1) is 11.3. The molecule has 0 aromatic carbocycles. The summed E-state index contributed by atoms with van der Waals surface area (Å²) in [6, 6.07) is 6.00. The Morgan fingerprint density at radius 3 is 2.70 bits per heavy atom. The number of hydrogen-bond donors (Lipinski definition) is 0. The van der Waals surface area contributed by atoms with Gasteiger partial charge in [-0.05, 0) is 18.4 Å². The first-order valence-corrected chi connectivity index (χ1v) is 8.70. The van der Waals surface area contributed by atoms with Gasteiger partial charge in [0.05, 0.1) is 17.5 Å². The summed E-state index contributed by atoms with van der Waals surface area (Å²) >= 11 is 1.52. The predicted octanol–water partition coefficient (Wildman–Crippen LogP) is 1.79. The van der Waals surface area contributed by atoms with Gasteiger partial charge in [0.1, 0.15) is 16.9 Å². The number of aromatic nitrogens is 3. The molecule has 0 saturated carbocycles. The Morgan fingerprint density at radius 1 is 1.22 bits per heavy atom. The van der Waals surface area contributed by atoms with E-state index in [1.165, 1.54) is 11.8 Å². The summed E-state index contributed by atoms with van der Waals surface area (Å²) < 4.78 is 0. The molecule has 3 heterocycles. The quantitative estimate of drug-likeness (QED) is 0.793. The number of anilines is 1. The molecule has 0 atom stereocenters. The smallest absolute Gasteiger partial charge is 0.147 e. The van der Waals surface area contributed by atoms with E-state index in [-0.39, 0.29) is 0 Å². The fourth-order valence-corrected chi connectivity index (χ4v) is 3.17. The van der Waals surface area contributed by atoms with Gasteiger partial charge in [-0.2, -0.15) is 5.26 Å². The average Bonchev–Trinajstić information content (AvgIpc) is 2.63. The van der Waals surface area contributed by atoms with E-state index in [2.05, 4.69) is 30.8 Å². The molecule has 1 fully saturated rings. The second-order valence-electron chi connectivity index (χ2n) is 5.30. The van der Waals surface area contributed by atoms with E-state index >= 15 is 0 Å². The molecule has 7 heteroatoms. The number of nitriles is 1. The van der Waals surface area contributed by atoms with Crippen LogP contribution < -0.4 is 4.90 Å². The Labute approximate surface area is 140 Å². The average molecular weight is 326 g/mol. The first-order valence-electron chi connectivity index (χ1n) is 7.47. The van der Waals surface area contributed by atoms with Crippen molar-refractivity contribution < 1.29 is 0 Å². The molecule has 0 amide bonds. The third kappa shape index (κ3) is 3.78. The molecule has 118 valence electrons. The van der Waals surface area contributed by atoms with Crippen LogP contribution in [0.5, 0.6) is 0 Å². The molecule has 0 aliphatic carbocycles. The van der Waals surface area contributed by atoms with Crippen molar-refractivity contribution >= 4 is 17.6 Å². The highest BCUT2D eigenvalue weighted by Crippen LogP contribution is 2.19. The topological polar surface area (TPSA) is 68.9 Å². The molecular formula is C16H18N6S. The van der Waals surface area contributed by atoms with Gasteiger partial charge in [0, 0.05) is 45.1 Å². The van der Waals surface area contributed by atoms with Crippen molar-refractivity contribution in [2.75, 3.05) is 37.3 Å². The van der Waals surface area contributed by atoms with Crippen LogP contribution in [0.25, 0.3) is 0 Å². The standard InChI is InChI=1S/C16H18N6S/c1-23-16-13(10-17)2-3-14(20-16)12-21-6-8-22(9-7-21)15-11-18-4-5-19-15/h2-5,11H,6-9,12H2,1H3. The summed E-state index contributed by atoms with van der Waals surface area (Å²) in [7, 11) is 0. The van der Waals surface area contributed by atoms with Gasteiger partial charge in [-0.3, -0.25) is 9.88 Å². The van der Waals surface area contributed by atoms with Crippen LogP contribution in [0, 0.1) is 11.3 Å². The summed E-state index contributed by atoms with van der Waals surface area (Å²) in [6.07, 6.45) is 7.18. The minimum Gasteiger partial charge on any atom is -0.353 e. The third-order valence-corrected chi connectivity index (χ3v) is 4.56. The zero-order valence-corrected chi connectivity index (χ0v) is 13.8. The number of rotatable bonds is 4. The van der Waals surface area contributed by atoms with E-state index < -0.39 is 0 Å². The lowest BCUT2D eigenvalue weighted by molar-refractivity contribution is 0.246. The summed E-state index contributed by atoms with van der Waals surface area (Å²) in [6.45, 7) is 4.61. The van der Waals surface area contributed by atoms with Crippen molar-refractivity contribution in [2.45, 2.75) is 11.6 Å². The van der Waals surface area contributed by atoms with Gasteiger partial charge < -0.3 is 4.90 Å². The Balaban J connectivity index is 1.60. The van der Waals surface area contributed by atoms with E-state index in [1.807, 2.05) is 24.6 Å². The van der Waals surface area contributed by atoms with E-state index in [0.717, 1.165) is 49.3 Å². The SMILES string of the molecule is CSc1nc(CN2CCN(c3cnccn3)CC2)ccc1C#N. The van der Waals surface area contributed by atoms with Crippen LogP contribution in [0.4, 0.5) is 5.82 Å². The van der Waals surface area contributed by atoms with Gasteiger partial charge in [0.25, 0.3) is 0 Å². The number of hydrogen-bond acceptors (Lipinski definition) is 7. The van der Waals surface area contributed by atoms with Gasteiger partial charge in [-0.1, -0.05) is 0 Å². The van der Waals surface area contributed by atoms with Gasteiger partial charge in [0.15, 0.2) is 0 Å². The van der Waals surface area contributed by atoms with Gasteiger partial charge in [-0.25, -0.2) is 9.97 Å². The lowest BCUT2D eigenvalue weighted by Gasteiger charge is -2.35. The maximum absolute atomic E-state index is 9.07. The Morgan fingerprint density at radius 2 is 2.04 bits per heavy atom. The first kappa shape index (κ1) is 15.7. The second-order valence-corrected chi connectivity index (χ2v) is 6.09. The van der Waals surface area contributed by atoms with E-state index in [4.69, 9.17) is 5.26 Å². The number of nitrogens with zero attached hydrogens (tertiary/aromatic N) is 6. The molecule has 0 spiro atoms. The van der Waals surface area contributed by atoms with Crippen LogP contribution in [0.15, 0.2) is 35.7 Å². The summed E-state index contributed by atoms with van der Waals surface area (Å²) in [5.41, 5.74) is 1.66. The molecular weight excluding hydrogens is 308 g/mol. The molecule has 1 aliphatic heterocycles. The molecule has 3 rings (SSSR count). The third-order valence-electron chi connectivity index (χ3n) is 3.86. The highest BCUT2D eigenvalue weighted by molar-refractivity contribution is 7.98. The Bertz CT molecular complexity index is 691. The zero-order valence-electron chi connectivity index (χ0n) is 13.0. The molecule has 2 aromatic heterocycles. The zero-order chi connectivity index (χ0) is 16.1. The summed E-state index contributed by atoms with van der Waals surface area (Å²) in [4.78, 5) is 17.7. The van der Waals surface area contributed by atoms with E-state index in [1.54, 1.807) is 12.4 Å². The van der Waals surface area contributed by atoms with Crippen LogP contribution in [-0.2, 0) is 6.54 Å². The molecule has 6 nitrogen and oxygen atoms in total. The molecule has 1 aliphatic rings. The largest absolute Gasteiger partial charge is 0.353 e. The number of piperazine rings is 1. The normalized spacial score (nSPS) is 15.4. The molecule has 0 bridgehead atoms. The summed E-state index contributed by atoms with van der Waals surface area (Å²) in [5, 5.41) is 9.88. The maximum atomic E-state index is 9.07. The van der Waals surface area contributed by atoms with E-state index in [0.29, 0.717) is 5.56 Å². The maximum Gasteiger partial charge on any atom is 0.147 e. The van der Waals surface area contributed by atoms with Gasteiger partial charge >= 0.3 is 0 Å². The van der Waals surface area contributed by atoms with Gasteiger partial charge in [-0.15, -0.1) is 11.8 Å². The predicted molar refractivity (Wildman–Crippen MR) is 90.3 cm³/mol. The minimum absolute atomic E-state index is 0.647. The molecule has 0 radical (unpaired) electrons. The lowest BCUT2D eigenvalue weighted by Crippen LogP contribution is -2.46. The number of pyridine rings is 1. The van der Waals surface area contributed by atoms with Crippen molar-refractivity contribution in [1.29, 1.82) is 5.26 Å². The van der Waals surface area contributed by atoms with E-state index in [9.17, 15) is 0 Å². The highest BCUT2D eigenvalue weighted by atomic mass is 32.2. The summed E-state index contributed by atoms with van der Waals surface area (Å²) in [5.74, 6) is 0.938. The fourth-order valence-electron chi connectivity index (χ4n) is 2.63. The van der Waals surface area contributed by atoms with Crippen LogP contribution in [-0.4, -0.2) is 52.3 Å².